The molecule has 3 fully saturated rings. The fourth-order valence-electron chi connectivity index (χ4n) is 3.19. The monoisotopic (exact) mass is 254 g/mol. The summed E-state index contributed by atoms with van der Waals surface area (Å²) in [5, 5.41) is 3.46. The molecule has 0 aromatic heterocycles. The van der Waals surface area contributed by atoms with Gasteiger partial charge in [0.25, 0.3) is 6.47 Å². The van der Waals surface area contributed by atoms with Gasteiger partial charge in [0.15, 0.2) is 0 Å². The molecule has 3 aliphatic rings. The summed E-state index contributed by atoms with van der Waals surface area (Å²) < 4.78 is 4.55. The van der Waals surface area contributed by atoms with Crippen molar-refractivity contribution in [3.63, 3.8) is 0 Å². The van der Waals surface area contributed by atoms with Crippen molar-refractivity contribution in [2.75, 3.05) is 26.2 Å². The topological polar surface area (TPSA) is 41.3 Å². The first-order valence-electron chi connectivity index (χ1n) is 7.03. The van der Waals surface area contributed by atoms with Crippen LogP contribution in [0.4, 0.5) is 0 Å². The van der Waals surface area contributed by atoms with E-state index in [9.17, 15) is 4.79 Å². The fraction of sp³-hybridized carbons (Fsp3) is 0.929. The van der Waals surface area contributed by atoms with Crippen molar-refractivity contribution in [2.24, 2.45) is 5.41 Å². The fourth-order valence-corrected chi connectivity index (χ4v) is 3.19. The third-order valence-electron chi connectivity index (χ3n) is 4.32. The maximum atomic E-state index is 9.60. The Bertz CT molecular complexity index is 293. The lowest BCUT2D eigenvalue weighted by molar-refractivity contribution is -0.138. The molecule has 104 valence electrons. The number of hydrogen-bond donors (Lipinski definition) is 1. The summed E-state index contributed by atoms with van der Waals surface area (Å²) in [4.78, 5) is 12.2. The van der Waals surface area contributed by atoms with Gasteiger partial charge in [-0.3, -0.25) is 9.69 Å². The van der Waals surface area contributed by atoms with Gasteiger partial charge in [-0.25, -0.2) is 0 Å². The Morgan fingerprint density at radius 3 is 2.28 bits per heavy atom. The summed E-state index contributed by atoms with van der Waals surface area (Å²) in [6, 6.07) is 1.00. The minimum absolute atomic E-state index is 0.318. The third-order valence-corrected chi connectivity index (χ3v) is 4.32. The van der Waals surface area contributed by atoms with Crippen LogP contribution in [0.3, 0.4) is 0 Å². The minimum atomic E-state index is -0.318. The molecule has 3 rings (SSSR count). The third kappa shape index (κ3) is 3.23. The highest BCUT2D eigenvalue weighted by Gasteiger charge is 2.55. The van der Waals surface area contributed by atoms with E-state index in [-0.39, 0.29) is 5.60 Å². The van der Waals surface area contributed by atoms with E-state index < -0.39 is 0 Å². The Morgan fingerprint density at radius 2 is 1.94 bits per heavy atom. The molecular formula is C14H26N2O2. The molecule has 0 radical (unpaired) electrons. The molecule has 0 saturated carbocycles. The Balaban J connectivity index is 0.000000152. The highest BCUT2D eigenvalue weighted by molar-refractivity contribution is 5.37. The molecule has 18 heavy (non-hydrogen) atoms. The highest BCUT2D eigenvalue weighted by atomic mass is 16.5. The molecule has 4 heteroatoms. The van der Waals surface area contributed by atoms with E-state index in [1.807, 2.05) is 20.8 Å². The number of carbonyl (C=O) groups excluding carboxylic acids is 1. The molecule has 2 unspecified atom stereocenters. The molecule has 3 heterocycles. The second kappa shape index (κ2) is 5.17. The standard InChI is InChI=1S/C9H16N2.C5H10O2/c1-4-10-5-2-9(1)3-6-11-7-8(9)11;1-5(2,3)7-4-6/h8,10H,1-7H2;4H,1-3H3. The highest BCUT2D eigenvalue weighted by Crippen LogP contribution is 2.50. The Hall–Kier alpha value is -0.610. The summed E-state index contributed by atoms with van der Waals surface area (Å²) in [6.45, 7) is 11.3. The summed E-state index contributed by atoms with van der Waals surface area (Å²) in [6.07, 6.45) is 4.36. The molecule has 0 aromatic carbocycles. The Kier molecular flexibility index (Phi) is 3.97. The summed E-state index contributed by atoms with van der Waals surface area (Å²) in [7, 11) is 0. The van der Waals surface area contributed by atoms with Crippen molar-refractivity contribution < 1.29 is 9.53 Å². The van der Waals surface area contributed by atoms with E-state index in [0.29, 0.717) is 6.47 Å². The van der Waals surface area contributed by atoms with Crippen molar-refractivity contribution in [2.45, 2.75) is 51.7 Å². The van der Waals surface area contributed by atoms with Crippen molar-refractivity contribution >= 4 is 6.47 Å². The van der Waals surface area contributed by atoms with Gasteiger partial charge in [0.05, 0.1) is 0 Å². The second-order valence-electron chi connectivity index (χ2n) is 6.70. The average Bonchev–Trinajstić information content (AvgIpc) is 3.01. The van der Waals surface area contributed by atoms with Gasteiger partial charge in [-0.15, -0.1) is 0 Å². The summed E-state index contributed by atoms with van der Waals surface area (Å²) in [5.41, 5.74) is 0.451. The van der Waals surface area contributed by atoms with Crippen LogP contribution in [0.1, 0.15) is 40.0 Å². The van der Waals surface area contributed by atoms with Crippen LogP contribution in [-0.4, -0.2) is 49.2 Å². The number of ether oxygens (including phenoxy) is 1. The molecule has 0 aliphatic carbocycles. The van der Waals surface area contributed by atoms with Crippen LogP contribution < -0.4 is 5.32 Å². The lowest BCUT2D eigenvalue weighted by atomic mass is 9.75. The molecule has 1 spiro atoms. The van der Waals surface area contributed by atoms with E-state index in [1.165, 1.54) is 45.4 Å². The van der Waals surface area contributed by atoms with E-state index in [4.69, 9.17) is 0 Å². The van der Waals surface area contributed by atoms with Crippen molar-refractivity contribution in [1.82, 2.24) is 10.2 Å². The van der Waals surface area contributed by atoms with Crippen molar-refractivity contribution in [3.05, 3.63) is 0 Å². The van der Waals surface area contributed by atoms with Crippen LogP contribution in [0, 0.1) is 5.41 Å². The Morgan fingerprint density at radius 1 is 1.28 bits per heavy atom. The normalized spacial score (nSPS) is 32.2. The van der Waals surface area contributed by atoms with Crippen LogP contribution in [0.5, 0.6) is 0 Å². The minimum Gasteiger partial charge on any atom is -0.462 e. The van der Waals surface area contributed by atoms with E-state index >= 15 is 0 Å². The first kappa shape index (κ1) is 13.8. The molecule has 0 bridgehead atoms. The van der Waals surface area contributed by atoms with Gasteiger partial charge in [-0.05, 0) is 65.1 Å². The van der Waals surface area contributed by atoms with Gasteiger partial charge >= 0.3 is 0 Å². The number of piperidine rings is 2. The van der Waals surface area contributed by atoms with Crippen LogP contribution in [0.25, 0.3) is 0 Å². The van der Waals surface area contributed by atoms with E-state index in [1.54, 1.807) is 0 Å². The smallest absolute Gasteiger partial charge is 0.293 e. The van der Waals surface area contributed by atoms with Gasteiger partial charge in [-0.1, -0.05) is 0 Å². The molecule has 3 saturated heterocycles. The van der Waals surface area contributed by atoms with Gasteiger partial charge in [0.1, 0.15) is 5.60 Å². The van der Waals surface area contributed by atoms with Crippen LogP contribution >= 0.6 is 0 Å². The number of nitrogens with one attached hydrogen (secondary N) is 1. The SMILES string of the molecule is C1CC2(CCN1)CCN1CC12.CC(C)(C)OC=O. The lowest BCUT2D eigenvalue weighted by Gasteiger charge is -2.34. The zero-order valence-electron chi connectivity index (χ0n) is 11.9. The largest absolute Gasteiger partial charge is 0.462 e. The van der Waals surface area contributed by atoms with E-state index in [0.717, 1.165) is 11.5 Å². The van der Waals surface area contributed by atoms with Crippen LogP contribution in [0.15, 0.2) is 0 Å². The molecular weight excluding hydrogens is 228 g/mol. The van der Waals surface area contributed by atoms with Gasteiger partial charge in [0.2, 0.25) is 0 Å². The number of carbonyl (C=O) groups is 1. The maximum absolute atomic E-state index is 9.60. The number of nitrogens with zero attached hydrogens (tertiary/aromatic N) is 1. The van der Waals surface area contributed by atoms with Crippen LogP contribution in [0.2, 0.25) is 0 Å². The van der Waals surface area contributed by atoms with Crippen molar-refractivity contribution in [3.8, 4) is 0 Å². The lowest BCUT2D eigenvalue weighted by Crippen LogP contribution is -2.39. The molecule has 0 amide bonds. The molecule has 0 aromatic rings. The molecule has 4 nitrogen and oxygen atoms in total. The van der Waals surface area contributed by atoms with E-state index in [2.05, 4.69) is 15.0 Å². The zero-order valence-corrected chi connectivity index (χ0v) is 11.9. The first-order chi connectivity index (χ1) is 8.47. The first-order valence-corrected chi connectivity index (χ1v) is 7.03. The Labute approximate surface area is 110 Å². The maximum Gasteiger partial charge on any atom is 0.293 e. The summed E-state index contributed by atoms with van der Waals surface area (Å²) >= 11 is 0. The zero-order chi connectivity index (χ0) is 13.2. The quantitative estimate of drug-likeness (QED) is 0.567. The number of rotatable bonds is 1. The van der Waals surface area contributed by atoms with Crippen molar-refractivity contribution in [1.29, 1.82) is 0 Å². The van der Waals surface area contributed by atoms with Gasteiger partial charge in [-0.2, -0.15) is 0 Å². The van der Waals surface area contributed by atoms with Gasteiger partial charge in [0, 0.05) is 12.6 Å². The van der Waals surface area contributed by atoms with Crippen LogP contribution in [-0.2, 0) is 9.53 Å². The molecule has 3 aliphatic heterocycles. The number of hydrogen-bond acceptors (Lipinski definition) is 4. The van der Waals surface area contributed by atoms with Gasteiger partial charge < -0.3 is 10.1 Å². The predicted molar refractivity (Wildman–Crippen MR) is 71.4 cm³/mol. The molecule has 1 N–H and O–H groups in total. The average molecular weight is 254 g/mol. The molecule has 2 atom stereocenters. The summed E-state index contributed by atoms with van der Waals surface area (Å²) in [5.74, 6) is 0. The number of fused-ring (bicyclic) bond motifs is 2. The predicted octanol–water partition coefficient (Wildman–Crippen LogP) is 1.40. The second-order valence-corrected chi connectivity index (χ2v) is 6.70.